The molecule has 0 aliphatic heterocycles. The fourth-order valence-electron chi connectivity index (χ4n) is 3.40. The Balaban J connectivity index is 1.65. The highest BCUT2D eigenvalue weighted by Crippen LogP contribution is 2.38. The number of hydrogen-bond donors (Lipinski definition) is 1. The van der Waals surface area contributed by atoms with Gasteiger partial charge in [-0.1, -0.05) is 24.2 Å². The predicted octanol–water partition coefficient (Wildman–Crippen LogP) is 4.10. The van der Waals surface area contributed by atoms with Crippen LogP contribution >= 0.6 is 11.6 Å². The number of fused-ring (bicyclic) bond motifs is 2. The molecule has 3 aromatic rings. The molecule has 6 nitrogen and oxygen atoms in total. The molecule has 1 aliphatic carbocycles. The van der Waals surface area contributed by atoms with E-state index in [0.717, 1.165) is 10.9 Å². The summed E-state index contributed by atoms with van der Waals surface area (Å²) < 4.78 is 11.4. The maximum absolute atomic E-state index is 11.7. The smallest absolute Gasteiger partial charge is 0.336 e. The van der Waals surface area contributed by atoms with Crippen molar-refractivity contribution in [2.45, 2.75) is 25.0 Å². The minimum Gasteiger partial charge on any atom is -0.484 e. The topological polar surface area (TPSA) is 81.4 Å². The Morgan fingerprint density at radius 1 is 1.25 bits per heavy atom. The van der Waals surface area contributed by atoms with Crippen LogP contribution in [0, 0.1) is 0 Å². The van der Waals surface area contributed by atoms with E-state index < -0.39 is 5.63 Å². The van der Waals surface area contributed by atoms with Crippen LogP contribution in [0.4, 0.5) is 0 Å². The van der Waals surface area contributed by atoms with Gasteiger partial charge in [0, 0.05) is 17.5 Å². The summed E-state index contributed by atoms with van der Waals surface area (Å²) >= 11 is 6.10. The molecule has 0 fully saturated rings. The normalized spacial score (nSPS) is 18.3. The molecule has 7 heteroatoms. The van der Waals surface area contributed by atoms with Crippen LogP contribution in [0.2, 0.25) is 5.15 Å². The Morgan fingerprint density at radius 3 is 2.89 bits per heavy atom. The lowest BCUT2D eigenvalue weighted by molar-refractivity contribution is -0.117. The van der Waals surface area contributed by atoms with Crippen LogP contribution in [-0.2, 0) is 4.79 Å². The minimum atomic E-state index is -0.415. The van der Waals surface area contributed by atoms with Gasteiger partial charge in [0.1, 0.15) is 22.6 Å². The molecule has 1 amide bonds. The molecule has 28 heavy (non-hydrogen) atoms. The number of carbonyl (C=O) groups is 1. The van der Waals surface area contributed by atoms with Crippen molar-refractivity contribution in [2.75, 3.05) is 0 Å². The zero-order chi connectivity index (χ0) is 19.7. The Kier molecular flexibility index (Phi) is 4.88. The summed E-state index contributed by atoms with van der Waals surface area (Å²) in [5.74, 6) is 0.322. The van der Waals surface area contributed by atoms with Gasteiger partial charge in [0.05, 0.1) is 11.7 Å². The van der Waals surface area contributed by atoms with Crippen LogP contribution in [0.5, 0.6) is 5.75 Å². The van der Waals surface area contributed by atoms with E-state index in [1.165, 1.54) is 12.1 Å². The molecule has 1 aliphatic rings. The van der Waals surface area contributed by atoms with Gasteiger partial charge < -0.3 is 14.5 Å². The van der Waals surface area contributed by atoms with Crippen LogP contribution in [0.1, 0.15) is 36.2 Å². The molecule has 0 spiro atoms. The summed E-state index contributed by atoms with van der Waals surface area (Å²) in [6, 6.07) is 11.8. The third kappa shape index (κ3) is 3.64. The second kappa shape index (κ2) is 7.48. The van der Waals surface area contributed by atoms with E-state index in [1.807, 2.05) is 18.2 Å². The van der Waals surface area contributed by atoms with Gasteiger partial charge in [0.2, 0.25) is 5.91 Å². The Morgan fingerprint density at radius 2 is 2.07 bits per heavy atom. The van der Waals surface area contributed by atoms with Gasteiger partial charge in [0.15, 0.2) is 0 Å². The first-order chi connectivity index (χ1) is 13.5. The molecule has 2 heterocycles. The maximum atomic E-state index is 11.7. The number of rotatable bonds is 4. The quantitative estimate of drug-likeness (QED) is 0.408. The van der Waals surface area contributed by atoms with Gasteiger partial charge in [0.25, 0.3) is 0 Å². The van der Waals surface area contributed by atoms with Crippen molar-refractivity contribution in [1.29, 1.82) is 0 Å². The van der Waals surface area contributed by atoms with Crippen LogP contribution in [0.25, 0.3) is 11.0 Å². The van der Waals surface area contributed by atoms with Gasteiger partial charge in [-0.3, -0.25) is 4.79 Å². The second-order valence-corrected chi connectivity index (χ2v) is 6.90. The molecule has 2 atom stereocenters. The lowest BCUT2D eigenvalue weighted by atomic mass is 9.89. The zero-order valence-corrected chi connectivity index (χ0v) is 15.6. The maximum Gasteiger partial charge on any atom is 0.336 e. The third-order valence-electron chi connectivity index (χ3n) is 4.70. The second-order valence-electron chi connectivity index (χ2n) is 6.51. The summed E-state index contributed by atoms with van der Waals surface area (Å²) in [6.45, 7) is 3.49. The number of aromatic nitrogens is 1. The van der Waals surface area contributed by atoms with Crippen LogP contribution in [0.3, 0.4) is 0 Å². The van der Waals surface area contributed by atoms with E-state index in [1.54, 1.807) is 18.2 Å². The largest absolute Gasteiger partial charge is 0.484 e. The van der Waals surface area contributed by atoms with Crippen molar-refractivity contribution in [3.05, 3.63) is 82.0 Å². The van der Waals surface area contributed by atoms with Crippen molar-refractivity contribution >= 4 is 28.5 Å². The van der Waals surface area contributed by atoms with Crippen molar-refractivity contribution in [3.63, 3.8) is 0 Å². The monoisotopic (exact) mass is 396 g/mol. The van der Waals surface area contributed by atoms with Crippen LogP contribution in [0.15, 0.2) is 64.3 Å². The molecule has 0 saturated heterocycles. The van der Waals surface area contributed by atoms with Gasteiger partial charge >= 0.3 is 5.63 Å². The molecule has 2 unspecified atom stereocenters. The van der Waals surface area contributed by atoms with Crippen LogP contribution < -0.4 is 15.7 Å². The highest BCUT2D eigenvalue weighted by atomic mass is 35.5. The lowest BCUT2D eigenvalue weighted by Gasteiger charge is -2.31. The average molecular weight is 397 g/mol. The van der Waals surface area contributed by atoms with E-state index in [-0.39, 0.29) is 18.1 Å². The fraction of sp³-hybridized carbons (Fsp3) is 0.190. The van der Waals surface area contributed by atoms with Crippen molar-refractivity contribution in [1.82, 2.24) is 10.3 Å². The Hall–Kier alpha value is -3.12. The molecular weight excluding hydrogens is 380 g/mol. The number of nitrogens with zero attached hydrogens (tertiary/aromatic N) is 1. The lowest BCUT2D eigenvalue weighted by Crippen LogP contribution is -2.32. The number of ether oxygens (including phenoxy) is 1. The molecule has 1 N–H and O–H groups in total. The van der Waals surface area contributed by atoms with Gasteiger partial charge in [-0.15, -0.1) is 0 Å². The van der Waals surface area contributed by atoms with E-state index in [2.05, 4.69) is 16.9 Å². The molecule has 0 radical (unpaired) electrons. The number of nitrogens with one attached hydrogen (secondary N) is 1. The van der Waals surface area contributed by atoms with Gasteiger partial charge in [-0.05, 0) is 48.7 Å². The van der Waals surface area contributed by atoms with Gasteiger partial charge in [-0.2, -0.15) is 0 Å². The third-order valence-corrected chi connectivity index (χ3v) is 4.91. The first-order valence-corrected chi connectivity index (χ1v) is 9.21. The van der Waals surface area contributed by atoms with E-state index in [4.69, 9.17) is 20.8 Å². The number of pyridine rings is 1. The number of halogens is 1. The summed E-state index contributed by atoms with van der Waals surface area (Å²) in [4.78, 5) is 27.6. The number of amides is 1. The summed E-state index contributed by atoms with van der Waals surface area (Å²) in [5.41, 5.74) is 1.59. The summed E-state index contributed by atoms with van der Waals surface area (Å²) in [6.07, 6.45) is 2.23. The first-order valence-electron chi connectivity index (χ1n) is 8.83. The molecular formula is C21H17ClN2O4. The number of carbonyl (C=O) groups excluding carboxylic acids is 1. The highest BCUT2D eigenvalue weighted by Gasteiger charge is 2.31. The zero-order valence-electron chi connectivity index (χ0n) is 14.9. The molecule has 1 aromatic carbocycles. The molecule has 4 rings (SSSR count). The Bertz CT molecular complexity index is 1120. The van der Waals surface area contributed by atoms with Gasteiger partial charge in [-0.25, -0.2) is 9.78 Å². The molecule has 0 saturated carbocycles. The van der Waals surface area contributed by atoms with E-state index in [9.17, 15) is 9.59 Å². The Labute approximate surface area is 165 Å². The molecule has 0 bridgehead atoms. The fourth-order valence-corrected chi connectivity index (χ4v) is 3.55. The predicted molar refractivity (Wildman–Crippen MR) is 105 cm³/mol. The minimum absolute atomic E-state index is 0.181. The number of benzene rings is 1. The number of hydrogen-bond acceptors (Lipinski definition) is 5. The van der Waals surface area contributed by atoms with Crippen molar-refractivity contribution in [3.8, 4) is 5.75 Å². The summed E-state index contributed by atoms with van der Waals surface area (Å²) in [5, 5.41) is 4.08. The van der Waals surface area contributed by atoms with E-state index >= 15 is 0 Å². The summed E-state index contributed by atoms with van der Waals surface area (Å²) in [7, 11) is 0. The SMILES string of the molecule is C=CC(=O)NC1CCC(Oc2ccc3ccc(=O)oc3c2)c2nc(Cl)ccc21. The van der Waals surface area contributed by atoms with E-state index in [0.29, 0.717) is 35.0 Å². The molecule has 2 aromatic heterocycles. The average Bonchev–Trinajstić information content (AvgIpc) is 2.69. The van der Waals surface area contributed by atoms with Crippen LogP contribution in [-0.4, -0.2) is 10.9 Å². The highest BCUT2D eigenvalue weighted by molar-refractivity contribution is 6.29. The van der Waals surface area contributed by atoms with Crippen molar-refractivity contribution in [2.24, 2.45) is 0 Å². The molecule has 142 valence electrons. The van der Waals surface area contributed by atoms with Crippen molar-refractivity contribution < 1.29 is 13.9 Å². The first kappa shape index (κ1) is 18.3. The standard InChI is InChI=1S/C21H17ClN2O4/c1-2-19(25)23-15-7-8-16(21-14(15)6-9-18(22)24-21)27-13-5-3-12-4-10-20(26)28-17(12)11-13/h2-6,9-11,15-16H,1,7-8H2,(H,23,25).